The molecule has 0 fully saturated rings. The van der Waals surface area contributed by atoms with Gasteiger partial charge in [0.15, 0.2) is 0 Å². The molecule has 0 saturated carbocycles. The highest BCUT2D eigenvalue weighted by Crippen LogP contribution is 2.14. The molecular formula is C15H14O2. The molecule has 2 aromatic carbocycles. The first kappa shape index (κ1) is 11.4. The summed E-state index contributed by atoms with van der Waals surface area (Å²) in [5.74, 6) is 0.840. The predicted octanol–water partition coefficient (Wildman–Crippen LogP) is 3.39. The van der Waals surface area contributed by atoms with Gasteiger partial charge in [-0.1, -0.05) is 35.9 Å². The van der Waals surface area contributed by atoms with Crippen LogP contribution < -0.4 is 4.74 Å². The number of ether oxygens (including phenoxy) is 1. The topological polar surface area (TPSA) is 26.3 Å². The molecule has 86 valence electrons. The van der Waals surface area contributed by atoms with Crippen molar-refractivity contribution in [3.63, 3.8) is 0 Å². The molecule has 0 atom stereocenters. The number of aldehydes is 1. The van der Waals surface area contributed by atoms with Crippen LogP contribution in [0.25, 0.3) is 0 Å². The lowest BCUT2D eigenvalue weighted by Gasteiger charge is -2.06. The van der Waals surface area contributed by atoms with Crippen LogP contribution in [-0.2, 0) is 6.61 Å². The Balaban J connectivity index is 2.01. The van der Waals surface area contributed by atoms with Crippen molar-refractivity contribution in [1.82, 2.24) is 0 Å². The Kier molecular flexibility index (Phi) is 3.55. The van der Waals surface area contributed by atoms with Gasteiger partial charge in [0.25, 0.3) is 0 Å². The number of aryl methyl sites for hydroxylation is 1. The van der Waals surface area contributed by atoms with Crippen molar-refractivity contribution < 1.29 is 9.53 Å². The van der Waals surface area contributed by atoms with E-state index < -0.39 is 0 Å². The van der Waals surface area contributed by atoms with Crippen molar-refractivity contribution in [2.75, 3.05) is 0 Å². The average Bonchev–Trinajstić information content (AvgIpc) is 2.38. The van der Waals surface area contributed by atoms with E-state index in [1.807, 2.05) is 49.4 Å². The zero-order chi connectivity index (χ0) is 12.1. The summed E-state index contributed by atoms with van der Waals surface area (Å²) in [6.45, 7) is 2.52. The molecule has 17 heavy (non-hydrogen) atoms. The van der Waals surface area contributed by atoms with Crippen molar-refractivity contribution in [2.45, 2.75) is 13.5 Å². The second kappa shape index (κ2) is 5.30. The second-order valence-corrected chi connectivity index (χ2v) is 3.96. The summed E-state index contributed by atoms with van der Waals surface area (Å²) in [7, 11) is 0. The summed E-state index contributed by atoms with van der Waals surface area (Å²) >= 11 is 0. The summed E-state index contributed by atoms with van der Waals surface area (Å²) in [6, 6.07) is 15.3. The van der Waals surface area contributed by atoms with Gasteiger partial charge in [0.05, 0.1) is 0 Å². The molecule has 0 amide bonds. The lowest BCUT2D eigenvalue weighted by molar-refractivity contribution is 0.112. The summed E-state index contributed by atoms with van der Waals surface area (Å²) in [5.41, 5.74) is 2.88. The van der Waals surface area contributed by atoms with Gasteiger partial charge in [0, 0.05) is 5.56 Å². The number of hydrogen-bond acceptors (Lipinski definition) is 2. The van der Waals surface area contributed by atoms with Gasteiger partial charge in [0.1, 0.15) is 18.6 Å². The molecule has 2 nitrogen and oxygen atoms in total. The molecule has 2 rings (SSSR count). The van der Waals surface area contributed by atoms with E-state index in [0.29, 0.717) is 12.2 Å². The lowest BCUT2D eigenvalue weighted by atomic mass is 10.1. The SMILES string of the molecule is Cc1ccc(OCc2cccc(C=O)c2)cc1. The molecular weight excluding hydrogens is 212 g/mol. The normalized spacial score (nSPS) is 9.94. The highest BCUT2D eigenvalue weighted by atomic mass is 16.5. The van der Waals surface area contributed by atoms with E-state index in [2.05, 4.69) is 0 Å². The number of carbonyl (C=O) groups is 1. The molecule has 0 saturated heterocycles. The predicted molar refractivity (Wildman–Crippen MR) is 67.3 cm³/mol. The van der Waals surface area contributed by atoms with E-state index in [0.717, 1.165) is 17.6 Å². The van der Waals surface area contributed by atoms with Crippen LogP contribution in [-0.4, -0.2) is 6.29 Å². The number of carbonyl (C=O) groups excluding carboxylic acids is 1. The van der Waals surface area contributed by atoms with E-state index in [1.54, 1.807) is 6.07 Å². The molecule has 0 N–H and O–H groups in total. The van der Waals surface area contributed by atoms with E-state index in [4.69, 9.17) is 4.74 Å². The van der Waals surface area contributed by atoms with Crippen molar-refractivity contribution in [3.05, 3.63) is 65.2 Å². The van der Waals surface area contributed by atoms with Crippen LogP contribution in [0.5, 0.6) is 5.75 Å². The summed E-state index contributed by atoms with van der Waals surface area (Å²) in [6.07, 6.45) is 0.843. The smallest absolute Gasteiger partial charge is 0.150 e. The Morgan fingerprint density at radius 3 is 2.59 bits per heavy atom. The third kappa shape index (κ3) is 3.18. The average molecular weight is 226 g/mol. The number of hydrogen-bond donors (Lipinski definition) is 0. The van der Waals surface area contributed by atoms with Crippen LogP contribution in [0.2, 0.25) is 0 Å². The Labute approximate surface area is 101 Å². The van der Waals surface area contributed by atoms with Gasteiger partial charge in [0.2, 0.25) is 0 Å². The van der Waals surface area contributed by atoms with E-state index in [9.17, 15) is 4.79 Å². The van der Waals surface area contributed by atoms with Gasteiger partial charge in [-0.3, -0.25) is 4.79 Å². The maximum atomic E-state index is 10.6. The first-order chi connectivity index (χ1) is 8.28. The molecule has 0 spiro atoms. The third-order valence-electron chi connectivity index (χ3n) is 2.51. The highest BCUT2D eigenvalue weighted by molar-refractivity contribution is 5.74. The van der Waals surface area contributed by atoms with Crippen LogP contribution in [0.3, 0.4) is 0 Å². The molecule has 0 radical (unpaired) electrons. The van der Waals surface area contributed by atoms with Crippen molar-refractivity contribution >= 4 is 6.29 Å². The first-order valence-electron chi connectivity index (χ1n) is 5.51. The Hall–Kier alpha value is -2.09. The van der Waals surface area contributed by atoms with Crippen LogP contribution in [0.4, 0.5) is 0 Å². The van der Waals surface area contributed by atoms with Crippen LogP contribution in [0, 0.1) is 6.92 Å². The first-order valence-corrected chi connectivity index (χ1v) is 5.51. The van der Waals surface area contributed by atoms with Crippen LogP contribution >= 0.6 is 0 Å². The Morgan fingerprint density at radius 2 is 1.88 bits per heavy atom. The molecule has 0 aliphatic carbocycles. The lowest BCUT2D eigenvalue weighted by Crippen LogP contribution is -1.96. The maximum absolute atomic E-state index is 10.6. The molecule has 0 aliphatic heterocycles. The monoisotopic (exact) mass is 226 g/mol. The molecule has 0 aliphatic rings. The fourth-order valence-corrected chi connectivity index (χ4v) is 1.56. The van der Waals surface area contributed by atoms with Gasteiger partial charge < -0.3 is 4.74 Å². The molecule has 2 aromatic rings. The molecule has 2 heteroatoms. The minimum atomic E-state index is 0.477. The summed E-state index contributed by atoms with van der Waals surface area (Å²) in [4.78, 5) is 10.6. The number of rotatable bonds is 4. The van der Waals surface area contributed by atoms with E-state index in [-0.39, 0.29) is 0 Å². The van der Waals surface area contributed by atoms with Gasteiger partial charge in [-0.2, -0.15) is 0 Å². The summed E-state index contributed by atoms with van der Waals surface area (Å²) in [5, 5.41) is 0. The van der Waals surface area contributed by atoms with Gasteiger partial charge in [-0.25, -0.2) is 0 Å². The maximum Gasteiger partial charge on any atom is 0.150 e. The van der Waals surface area contributed by atoms with Gasteiger partial charge >= 0.3 is 0 Å². The molecule has 0 bridgehead atoms. The van der Waals surface area contributed by atoms with Crippen molar-refractivity contribution in [1.29, 1.82) is 0 Å². The minimum absolute atomic E-state index is 0.477. The minimum Gasteiger partial charge on any atom is -0.489 e. The van der Waals surface area contributed by atoms with Crippen molar-refractivity contribution in [2.24, 2.45) is 0 Å². The zero-order valence-corrected chi connectivity index (χ0v) is 9.72. The van der Waals surface area contributed by atoms with Gasteiger partial charge in [-0.15, -0.1) is 0 Å². The molecule has 0 aromatic heterocycles. The Morgan fingerprint density at radius 1 is 1.12 bits per heavy atom. The summed E-state index contributed by atoms with van der Waals surface area (Å²) < 4.78 is 5.63. The Bertz CT molecular complexity index is 501. The second-order valence-electron chi connectivity index (χ2n) is 3.96. The standard InChI is InChI=1S/C15H14O2/c1-12-5-7-15(8-6-12)17-11-14-4-2-3-13(9-14)10-16/h2-10H,11H2,1H3. The van der Waals surface area contributed by atoms with Crippen molar-refractivity contribution in [3.8, 4) is 5.75 Å². The van der Waals surface area contributed by atoms with Crippen LogP contribution in [0.15, 0.2) is 48.5 Å². The zero-order valence-electron chi connectivity index (χ0n) is 9.72. The fourth-order valence-electron chi connectivity index (χ4n) is 1.56. The van der Waals surface area contributed by atoms with E-state index in [1.165, 1.54) is 5.56 Å². The highest BCUT2D eigenvalue weighted by Gasteiger charge is 1.97. The fraction of sp³-hybridized carbons (Fsp3) is 0.133. The third-order valence-corrected chi connectivity index (χ3v) is 2.51. The van der Waals surface area contributed by atoms with Crippen LogP contribution in [0.1, 0.15) is 21.5 Å². The van der Waals surface area contributed by atoms with Gasteiger partial charge in [-0.05, 0) is 30.7 Å². The quantitative estimate of drug-likeness (QED) is 0.747. The molecule has 0 unspecified atom stereocenters. The number of benzene rings is 2. The largest absolute Gasteiger partial charge is 0.489 e. The van der Waals surface area contributed by atoms with E-state index >= 15 is 0 Å². The molecule has 0 heterocycles.